The molecule has 2 unspecified atom stereocenters. The summed E-state index contributed by atoms with van der Waals surface area (Å²) in [5, 5.41) is 65.9. The number of ether oxygens (including phenoxy) is 1. The van der Waals surface area contributed by atoms with Crippen LogP contribution in [-0.2, 0) is 32.9 Å². The lowest BCUT2D eigenvalue weighted by atomic mass is 9.91. The number of hydrogen-bond acceptors (Lipinski definition) is 26. The molecule has 8 aliphatic heterocycles. The van der Waals surface area contributed by atoms with Gasteiger partial charge in [0, 0.05) is 152 Å². The van der Waals surface area contributed by atoms with Gasteiger partial charge in [-0.05, 0) is 288 Å². The number of carbonyl (C=O) groups is 5. The number of benzene rings is 4. The van der Waals surface area contributed by atoms with Crippen molar-refractivity contribution in [1.82, 2.24) is 79.0 Å². The van der Waals surface area contributed by atoms with Gasteiger partial charge in [-0.25, -0.2) is 49.6 Å². The van der Waals surface area contributed by atoms with Gasteiger partial charge in [-0.15, -0.1) is 0 Å². The number of piperidine rings is 4. The van der Waals surface area contributed by atoms with Crippen molar-refractivity contribution >= 4 is 143 Å². The first-order valence-electron chi connectivity index (χ1n) is 50.4. The van der Waals surface area contributed by atoms with Crippen molar-refractivity contribution in [3.63, 3.8) is 0 Å². The summed E-state index contributed by atoms with van der Waals surface area (Å²) in [6, 6.07) is 47.1. The third kappa shape index (κ3) is 20.1. The minimum absolute atomic E-state index is 0. The molecule has 4 aromatic carbocycles. The van der Waals surface area contributed by atoms with Crippen LogP contribution in [0.15, 0.2) is 220 Å². The van der Waals surface area contributed by atoms with Crippen LogP contribution < -0.4 is 56.8 Å². The summed E-state index contributed by atoms with van der Waals surface area (Å²) in [5.74, 6) is 1.96. The topological polar surface area (TPSA) is 399 Å². The van der Waals surface area contributed by atoms with Crippen molar-refractivity contribution in [1.29, 1.82) is 0 Å². The number of rotatable bonds is 16. The maximum atomic E-state index is 14.0. The maximum absolute atomic E-state index is 14.0. The van der Waals surface area contributed by atoms with Crippen LogP contribution in [0.25, 0.3) is 88.6 Å². The number of nitrogens with zero attached hydrogens (tertiary/aromatic N) is 17. The first-order valence-corrected chi connectivity index (χ1v) is 50.4. The van der Waals surface area contributed by atoms with Crippen LogP contribution in [0.2, 0.25) is 0 Å². The summed E-state index contributed by atoms with van der Waals surface area (Å²) in [5.41, 5.74) is 23.9. The summed E-state index contributed by atoms with van der Waals surface area (Å²) in [6.07, 6.45) is 27.1. The average Bonchev–Trinajstić information content (AvgIpc) is 1.61. The van der Waals surface area contributed by atoms with Crippen molar-refractivity contribution < 1.29 is 49.1 Å². The molecule has 34 nitrogen and oxygen atoms in total. The fourth-order valence-electron chi connectivity index (χ4n) is 21.8. The third-order valence-corrected chi connectivity index (χ3v) is 29.4. The Kier molecular flexibility index (Phi) is 28.6. The lowest BCUT2D eigenvalue weighted by molar-refractivity contribution is 0.0202. The van der Waals surface area contributed by atoms with Gasteiger partial charge in [-0.1, -0.05) is 39.1 Å². The number of pyridine rings is 8. The molecule has 4 saturated heterocycles. The average molecular weight is 2010 g/mol. The summed E-state index contributed by atoms with van der Waals surface area (Å²) in [6.45, 7) is 19.8. The van der Waals surface area contributed by atoms with E-state index in [4.69, 9.17) is 4.74 Å². The van der Waals surface area contributed by atoms with Crippen LogP contribution in [0.3, 0.4) is 0 Å². The first-order chi connectivity index (χ1) is 71.0. The summed E-state index contributed by atoms with van der Waals surface area (Å²) in [7, 11) is 7.89. The zero-order valence-corrected chi connectivity index (χ0v) is 84.1. The van der Waals surface area contributed by atoms with E-state index in [2.05, 4.69) is 133 Å². The van der Waals surface area contributed by atoms with E-state index in [-0.39, 0.29) is 75.1 Å². The number of aromatic nitrogens is 12. The van der Waals surface area contributed by atoms with Gasteiger partial charge >= 0.3 is 6.09 Å². The number of imide groups is 1. The van der Waals surface area contributed by atoms with Crippen molar-refractivity contribution in [3.8, 4) is 44.5 Å². The van der Waals surface area contributed by atoms with Gasteiger partial charge in [0.05, 0.1) is 141 Å². The van der Waals surface area contributed by atoms with E-state index < -0.39 is 23.6 Å². The Hall–Kier alpha value is -16.2. The number of amides is 5. The Morgan fingerprint density at radius 2 is 0.577 bits per heavy atom. The second-order valence-electron chi connectivity index (χ2n) is 40.3. The molecule has 4 atom stereocenters. The molecule has 24 rings (SSSR count). The number of hydrogen-bond donors (Lipinski definition) is 11. The molecule has 34 heteroatoms. The Labute approximate surface area is 865 Å². The minimum atomic E-state index is -0.755. The second-order valence-corrected chi connectivity index (χ2v) is 40.3. The molecule has 5 amide bonds. The fraction of sp³-hybridized carbons (Fsp3) is 0.330. The first kappa shape index (κ1) is 101. The predicted molar refractivity (Wildman–Crippen MR) is 586 cm³/mol. The lowest BCUT2D eigenvalue weighted by Crippen LogP contribution is -2.38. The lowest BCUT2D eigenvalue weighted by Gasteiger charge is -2.31. The van der Waals surface area contributed by atoms with Crippen LogP contribution in [-0.4, -0.2) is 196 Å². The Bertz CT molecular complexity index is 7220. The second kappa shape index (κ2) is 42.0. The zero-order chi connectivity index (χ0) is 102. The molecule has 20 heterocycles. The highest BCUT2D eigenvalue weighted by Gasteiger charge is 2.45. The molecular formula is C115H128N24O10. The Balaban J connectivity index is 0.000000125. The SMILES string of the molecule is C.C.CC1NC(=O)c2c(Nc3ccc(N4CCC(O)CC4)cn3)ccc(-c3ccnc4c3ccn4C)c21.CC1c2c(-c3ccnc4c3ccn4C)ccc(Nc3ccc(N4CCC(O)CC4)cn3)c2C(=O)N1C(=O)OC(C)(C)C.C[C@@H]1NC(=O)c2c(Nc3ccc(N4CCC(O)CC4)cn3)ccc(-c3ccnc4c3ccn4C)c21.C[C@H]1NC(=O)c2c(Nc3ccc(N4CCC(O)CC4)cn3)ccc(-c3ccnc4c3ccn4C)c21. The zero-order valence-electron chi connectivity index (χ0n) is 84.1. The molecule has 16 aromatic rings. The molecule has 12 aromatic heterocycles. The number of carbonyl (C=O) groups excluding carboxylic acids is 5. The number of aryl methyl sites for hydroxylation is 4. The van der Waals surface area contributed by atoms with Gasteiger partial charge in [0.1, 0.15) is 51.5 Å². The summed E-state index contributed by atoms with van der Waals surface area (Å²) < 4.78 is 13.6. The third-order valence-electron chi connectivity index (χ3n) is 29.4. The largest absolute Gasteiger partial charge is 0.443 e. The molecule has 4 fully saturated rings. The van der Waals surface area contributed by atoms with Gasteiger partial charge in [-0.3, -0.25) is 19.2 Å². The molecule has 8 aliphatic rings. The minimum Gasteiger partial charge on any atom is -0.443 e. The van der Waals surface area contributed by atoms with Crippen LogP contribution in [0.1, 0.15) is 203 Å². The monoisotopic (exact) mass is 2010 g/mol. The van der Waals surface area contributed by atoms with Crippen LogP contribution >= 0.6 is 0 Å². The highest BCUT2D eigenvalue weighted by molar-refractivity contribution is 6.15. The smallest absolute Gasteiger partial charge is 0.417 e. The van der Waals surface area contributed by atoms with Crippen LogP contribution in [0.4, 0.5) is 73.6 Å². The molecule has 149 heavy (non-hydrogen) atoms. The van der Waals surface area contributed by atoms with Crippen molar-refractivity contribution in [3.05, 3.63) is 264 Å². The van der Waals surface area contributed by atoms with E-state index in [9.17, 15) is 44.4 Å². The number of anilines is 12. The van der Waals surface area contributed by atoms with Gasteiger partial charge in [0.2, 0.25) is 0 Å². The molecule has 0 spiro atoms. The fourth-order valence-corrected chi connectivity index (χ4v) is 21.8. The number of aliphatic hydroxyl groups excluding tert-OH is 4. The Morgan fingerprint density at radius 1 is 0.329 bits per heavy atom. The summed E-state index contributed by atoms with van der Waals surface area (Å²) in [4.78, 5) is 113. The van der Waals surface area contributed by atoms with Crippen molar-refractivity contribution in [2.24, 2.45) is 28.2 Å². The van der Waals surface area contributed by atoms with E-state index >= 15 is 0 Å². The predicted octanol–water partition coefficient (Wildman–Crippen LogP) is 19.5. The van der Waals surface area contributed by atoms with Gasteiger partial charge in [0.15, 0.2) is 0 Å². The van der Waals surface area contributed by atoms with Crippen LogP contribution in [0, 0.1) is 0 Å². The number of fused-ring (bicyclic) bond motifs is 8. The standard InChI is InChI=1S/C32H36N6O4.3C27H28N6O2.2CH4/c1-19-27-23(22-10-14-33-29-24(22)13-15-36(29)5)7-8-25(28(27)30(40)38(19)31(41)42-32(2,3)4)35-26-9-6-20(18-34-26)37-16-11-21(39)12-17-37;3*1-16-24-20(19-7-11-28-26-21(19)10-12-32(26)2)4-5-22(25(24)27(35)30-16)31-23-6-3-17(15-29-23)33-13-8-18(34)9-14-33;;/h6-10,13-15,18-19,21,39H,11-12,16-17H2,1-5H3,(H,34,35);3*3-7,10-12,15-16,18,34H,8-9,13-14H2,1-2H3,(H,29,31)(H,30,35);2*1H4/t;2*16-;;;/m.10.../s1. The van der Waals surface area contributed by atoms with E-state index in [1.54, 1.807) is 33.2 Å². The van der Waals surface area contributed by atoms with Crippen molar-refractivity contribution in [2.45, 2.75) is 169 Å². The van der Waals surface area contributed by atoms with E-state index in [1.807, 2.05) is 245 Å². The Morgan fingerprint density at radius 3 is 0.819 bits per heavy atom. The van der Waals surface area contributed by atoms with Gasteiger partial charge in [0.25, 0.3) is 23.6 Å². The normalized spacial score (nSPS) is 17.7. The molecule has 11 N–H and O–H groups in total. The molecule has 0 aliphatic carbocycles. The summed E-state index contributed by atoms with van der Waals surface area (Å²) >= 11 is 0. The van der Waals surface area contributed by atoms with Crippen molar-refractivity contribution in [2.75, 3.05) is 93.2 Å². The molecule has 768 valence electrons. The molecule has 0 radical (unpaired) electrons. The highest BCUT2D eigenvalue weighted by Crippen LogP contribution is 2.50. The highest BCUT2D eigenvalue weighted by atomic mass is 16.6. The molecule has 0 bridgehead atoms. The number of aliphatic hydroxyl groups is 4. The quantitative estimate of drug-likeness (QED) is 0.0428. The number of nitrogens with one attached hydrogen (secondary N) is 7. The molecule has 0 saturated carbocycles. The van der Waals surface area contributed by atoms with Gasteiger partial charge < -0.3 is 100 Å². The van der Waals surface area contributed by atoms with E-state index in [0.717, 1.165) is 254 Å². The maximum Gasteiger partial charge on any atom is 0.417 e. The van der Waals surface area contributed by atoms with Crippen LogP contribution in [0.5, 0.6) is 0 Å². The van der Waals surface area contributed by atoms with Gasteiger partial charge in [-0.2, -0.15) is 0 Å². The molecular weight excluding hydrogens is 1880 g/mol. The van der Waals surface area contributed by atoms with E-state index in [0.29, 0.717) is 51.2 Å². The van der Waals surface area contributed by atoms with E-state index in [1.165, 1.54) is 4.90 Å².